The molecule has 1 aromatic heterocycles. The van der Waals surface area contributed by atoms with Gasteiger partial charge in [0.1, 0.15) is 5.75 Å². The van der Waals surface area contributed by atoms with Crippen molar-refractivity contribution in [3.05, 3.63) is 58.0 Å². The van der Waals surface area contributed by atoms with E-state index in [1.165, 1.54) is 0 Å². The molecule has 3 aromatic rings. The van der Waals surface area contributed by atoms with Gasteiger partial charge in [-0.15, -0.1) is 4.91 Å². The first-order valence-corrected chi connectivity index (χ1v) is 8.93. The summed E-state index contributed by atoms with van der Waals surface area (Å²) in [5, 5.41) is 14.4. The van der Waals surface area contributed by atoms with Crippen molar-refractivity contribution >= 4 is 28.2 Å². The minimum atomic E-state index is -0.180. The molecule has 3 rings (SSSR count). The van der Waals surface area contributed by atoms with Gasteiger partial charge >= 0.3 is 0 Å². The molecule has 0 saturated carbocycles. The number of nitrogens with zero attached hydrogens (tertiary/aromatic N) is 2. The van der Waals surface area contributed by atoms with Gasteiger partial charge in [0, 0.05) is 5.39 Å². The fourth-order valence-corrected chi connectivity index (χ4v) is 3.14. The van der Waals surface area contributed by atoms with E-state index in [9.17, 15) is 10.0 Å². The van der Waals surface area contributed by atoms with E-state index >= 15 is 0 Å². The van der Waals surface area contributed by atoms with Crippen LogP contribution in [0.5, 0.6) is 11.6 Å². The summed E-state index contributed by atoms with van der Waals surface area (Å²) in [6.07, 6.45) is 1.00. The smallest absolute Gasteiger partial charge is 0.222 e. The number of halogens is 1. The third kappa shape index (κ3) is 3.68. The number of aromatic nitrogens is 1. The van der Waals surface area contributed by atoms with Gasteiger partial charge < -0.3 is 14.4 Å². The highest BCUT2D eigenvalue weighted by molar-refractivity contribution is 6.35. The summed E-state index contributed by atoms with van der Waals surface area (Å²) in [7, 11) is 0. The fraction of sp³-hybridized carbons (Fsp3) is 0.300. The predicted molar refractivity (Wildman–Crippen MR) is 105 cm³/mol. The highest BCUT2D eigenvalue weighted by Gasteiger charge is 2.19. The molecule has 0 amide bonds. The normalized spacial score (nSPS) is 11.2. The third-order valence-electron chi connectivity index (χ3n) is 4.30. The minimum absolute atomic E-state index is 0.0103. The molecule has 0 aliphatic carbocycles. The molecular formula is C20H21ClN2O3. The molecule has 0 bridgehead atoms. The molecule has 0 saturated heterocycles. The van der Waals surface area contributed by atoms with E-state index in [0.717, 1.165) is 17.7 Å². The standard InChI is InChI=1S/C20H21ClN2O3/c1-13(2)10-11-26-15-8-6-14(7-9-15)12-23-19-16(4-3-5-17(19)21)18(22-25)20(23)24/h3-9,13,24H,10-12H2,1-2H3. The molecule has 0 aliphatic heterocycles. The van der Waals surface area contributed by atoms with E-state index < -0.39 is 0 Å². The van der Waals surface area contributed by atoms with Crippen molar-refractivity contribution in [2.24, 2.45) is 11.1 Å². The van der Waals surface area contributed by atoms with E-state index in [-0.39, 0.29) is 11.6 Å². The molecule has 136 valence electrons. The second kappa shape index (κ2) is 7.79. The van der Waals surface area contributed by atoms with E-state index in [0.29, 0.717) is 35.0 Å². The van der Waals surface area contributed by atoms with Crippen LogP contribution in [-0.2, 0) is 6.54 Å². The van der Waals surface area contributed by atoms with Gasteiger partial charge in [0.15, 0.2) is 5.69 Å². The number of fused-ring (bicyclic) bond motifs is 1. The Kier molecular flexibility index (Phi) is 5.47. The first kappa shape index (κ1) is 18.3. The molecule has 2 aromatic carbocycles. The molecule has 1 N–H and O–H groups in total. The summed E-state index contributed by atoms with van der Waals surface area (Å²) in [5.74, 6) is 1.23. The van der Waals surface area contributed by atoms with Gasteiger partial charge in [0.05, 0.1) is 23.7 Å². The number of aromatic hydroxyl groups is 1. The van der Waals surface area contributed by atoms with E-state index in [1.807, 2.05) is 24.3 Å². The number of hydrogen-bond acceptors (Lipinski definition) is 4. The molecule has 6 heteroatoms. The Hall–Kier alpha value is -2.53. The van der Waals surface area contributed by atoms with E-state index in [1.54, 1.807) is 22.8 Å². The van der Waals surface area contributed by atoms with Crippen LogP contribution in [0.3, 0.4) is 0 Å². The van der Waals surface area contributed by atoms with Crippen LogP contribution in [-0.4, -0.2) is 16.3 Å². The molecule has 0 atom stereocenters. The Labute approximate surface area is 157 Å². The van der Waals surface area contributed by atoms with Crippen LogP contribution in [0.1, 0.15) is 25.8 Å². The lowest BCUT2D eigenvalue weighted by Crippen LogP contribution is -2.02. The lowest BCUT2D eigenvalue weighted by Gasteiger charge is -2.10. The van der Waals surface area contributed by atoms with Gasteiger partial charge in [0.2, 0.25) is 5.88 Å². The Morgan fingerprint density at radius 2 is 1.92 bits per heavy atom. The zero-order valence-electron chi connectivity index (χ0n) is 14.8. The fourth-order valence-electron chi connectivity index (χ4n) is 2.87. The molecule has 0 radical (unpaired) electrons. The molecule has 0 spiro atoms. The number of rotatable bonds is 7. The number of ether oxygens (including phenoxy) is 1. The zero-order valence-corrected chi connectivity index (χ0v) is 15.5. The molecule has 26 heavy (non-hydrogen) atoms. The average Bonchev–Trinajstić information content (AvgIpc) is 2.88. The number of para-hydroxylation sites is 1. The summed E-state index contributed by atoms with van der Waals surface area (Å²) < 4.78 is 7.32. The van der Waals surface area contributed by atoms with E-state index in [2.05, 4.69) is 19.0 Å². The minimum Gasteiger partial charge on any atom is -0.494 e. The van der Waals surface area contributed by atoms with Crippen molar-refractivity contribution in [3.8, 4) is 11.6 Å². The highest BCUT2D eigenvalue weighted by atomic mass is 35.5. The highest BCUT2D eigenvalue weighted by Crippen LogP contribution is 2.41. The van der Waals surface area contributed by atoms with Crippen LogP contribution >= 0.6 is 11.6 Å². The summed E-state index contributed by atoms with van der Waals surface area (Å²) in [5.41, 5.74) is 1.56. The van der Waals surface area contributed by atoms with Crippen molar-refractivity contribution in [2.75, 3.05) is 6.61 Å². The zero-order chi connectivity index (χ0) is 18.7. The largest absolute Gasteiger partial charge is 0.494 e. The van der Waals surface area contributed by atoms with Gasteiger partial charge in [-0.05, 0) is 41.3 Å². The first-order chi connectivity index (χ1) is 12.5. The van der Waals surface area contributed by atoms with Crippen molar-refractivity contribution in [1.82, 2.24) is 4.57 Å². The van der Waals surface area contributed by atoms with Gasteiger partial charge in [-0.2, -0.15) is 0 Å². The maximum absolute atomic E-state index is 11.1. The van der Waals surface area contributed by atoms with Crippen LogP contribution < -0.4 is 4.74 Å². The lowest BCUT2D eigenvalue weighted by atomic mass is 10.1. The SMILES string of the molecule is CC(C)CCOc1ccc(Cn2c(O)c(N=O)c3cccc(Cl)c32)cc1. The Morgan fingerprint density at radius 1 is 1.19 bits per heavy atom. The van der Waals surface area contributed by atoms with Gasteiger partial charge in [-0.1, -0.05) is 49.7 Å². The van der Waals surface area contributed by atoms with Crippen LogP contribution in [0.4, 0.5) is 5.69 Å². The maximum atomic E-state index is 11.1. The molecule has 1 heterocycles. The molecule has 5 nitrogen and oxygen atoms in total. The lowest BCUT2D eigenvalue weighted by molar-refractivity contribution is 0.289. The molecule has 0 unspecified atom stereocenters. The summed E-state index contributed by atoms with van der Waals surface area (Å²) >= 11 is 6.28. The molecule has 0 fully saturated rings. The second-order valence-electron chi connectivity index (χ2n) is 6.66. The van der Waals surface area contributed by atoms with Gasteiger partial charge in [-0.25, -0.2) is 0 Å². The van der Waals surface area contributed by atoms with Crippen LogP contribution in [0.25, 0.3) is 10.9 Å². The van der Waals surface area contributed by atoms with Crippen molar-refractivity contribution in [3.63, 3.8) is 0 Å². The summed E-state index contributed by atoms with van der Waals surface area (Å²) in [4.78, 5) is 11.1. The Morgan fingerprint density at radius 3 is 2.58 bits per heavy atom. The van der Waals surface area contributed by atoms with E-state index in [4.69, 9.17) is 16.3 Å². The second-order valence-corrected chi connectivity index (χ2v) is 7.07. The number of nitroso groups, excluding NO2 is 1. The van der Waals surface area contributed by atoms with Crippen LogP contribution in [0, 0.1) is 10.8 Å². The maximum Gasteiger partial charge on any atom is 0.222 e. The topological polar surface area (TPSA) is 63.8 Å². The quantitative estimate of drug-likeness (QED) is 0.527. The molecular weight excluding hydrogens is 352 g/mol. The third-order valence-corrected chi connectivity index (χ3v) is 4.60. The molecule has 0 aliphatic rings. The van der Waals surface area contributed by atoms with Crippen LogP contribution in [0.2, 0.25) is 5.02 Å². The van der Waals surface area contributed by atoms with Crippen molar-refractivity contribution < 1.29 is 9.84 Å². The van der Waals surface area contributed by atoms with Gasteiger partial charge in [-0.3, -0.25) is 0 Å². The Balaban J connectivity index is 1.85. The average molecular weight is 373 g/mol. The number of hydrogen-bond donors (Lipinski definition) is 1. The first-order valence-electron chi connectivity index (χ1n) is 8.56. The van der Waals surface area contributed by atoms with Gasteiger partial charge in [0.25, 0.3) is 0 Å². The number of benzene rings is 2. The summed E-state index contributed by atoms with van der Waals surface area (Å²) in [6, 6.07) is 12.8. The monoisotopic (exact) mass is 372 g/mol. The Bertz CT molecular complexity index is 917. The van der Waals surface area contributed by atoms with Crippen molar-refractivity contribution in [1.29, 1.82) is 0 Å². The van der Waals surface area contributed by atoms with Crippen LogP contribution in [0.15, 0.2) is 47.6 Å². The predicted octanol–water partition coefficient (Wildman–Crippen LogP) is 5.87. The van der Waals surface area contributed by atoms with Crippen molar-refractivity contribution in [2.45, 2.75) is 26.8 Å². The summed E-state index contributed by atoms with van der Waals surface area (Å²) in [6.45, 7) is 5.37.